The van der Waals surface area contributed by atoms with Crippen LogP contribution in [0.4, 0.5) is 0 Å². The zero-order chi connectivity index (χ0) is 10.9. The lowest BCUT2D eigenvalue weighted by molar-refractivity contribution is 0.0780. The van der Waals surface area contributed by atoms with E-state index in [1.807, 2.05) is 0 Å². The van der Waals surface area contributed by atoms with Crippen LogP contribution in [-0.2, 0) is 5.60 Å². The molecule has 3 heteroatoms. The van der Waals surface area contributed by atoms with Crippen LogP contribution in [0.25, 0.3) is 0 Å². The van der Waals surface area contributed by atoms with Crippen LogP contribution >= 0.6 is 11.3 Å². The molecule has 1 N–H and O–H groups in total. The lowest BCUT2D eigenvalue weighted by atomic mass is 9.87. The van der Waals surface area contributed by atoms with E-state index in [1.54, 1.807) is 25.2 Å². The predicted octanol–water partition coefficient (Wildman–Crippen LogP) is 3.42. The predicted molar refractivity (Wildman–Crippen MR) is 63.2 cm³/mol. The Morgan fingerprint density at radius 3 is 2.53 bits per heavy atom. The summed E-state index contributed by atoms with van der Waals surface area (Å²) in [5.41, 5.74) is 0.425. The van der Waals surface area contributed by atoms with Crippen LogP contribution < -0.4 is 0 Å². The molecule has 1 saturated carbocycles. The van der Waals surface area contributed by atoms with Gasteiger partial charge in [0, 0.05) is 11.3 Å². The Labute approximate surface area is 95.4 Å². The molecule has 0 unspecified atom stereocenters. The third-order valence-corrected chi connectivity index (χ3v) is 4.24. The molecule has 1 aliphatic rings. The molecule has 0 spiro atoms. The zero-order valence-electron chi connectivity index (χ0n) is 9.49. The number of thiazole rings is 1. The lowest BCUT2D eigenvalue weighted by Crippen LogP contribution is -2.15. The maximum atomic E-state index is 9.85. The van der Waals surface area contributed by atoms with Crippen molar-refractivity contribution in [3.8, 4) is 0 Å². The van der Waals surface area contributed by atoms with Gasteiger partial charge in [0.15, 0.2) is 0 Å². The summed E-state index contributed by atoms with van der Waals surface area (Å²) in [4.78, 5) is 4.57. The van der Waals surface area contributed by atoms with Crippen molar-refractivity contribution in [2.75, 3.05) is 0 Å². The standard InChI is InChI=1S/C12H19NOS/c1-12(2,14)11-13-10(8-15-11)9-6-4-3-5-7-9/h8-9,14H,3-7H2,1-2H3. The van der Waals surface area contributed by atoms with Crippen molar-refractivity contribution in [3.05, 3.63) is 16.1 Å². The second kappa shape index (κ2) is 4.22. The van der Waals surface area contributed by atoms with Gasteiger partial charge in [-0.25, -0.2) is 4.98 Å². The molecule has 84 valence electrons. The number of aliphatic hydroxyl groups is 1. The zero-order valence-corrected chi connectivity index (χ0v) is 10.3. The summed E-state index contributed by atoms with van der Waals surface area (Å²) in [7, 11) is 0. The van der Waals surface area contributed by atoms with Gasteiger partial charge >= 0.3 is 0 Å². The Balaban J connectivity index is 2.12. The Bertz CT molecular complexity index is 321. The summed E-state index contributed by atoms with van der Waals surface area (Å²) in [6.07, 6.45) is 6.59. The molecule has 0 saturated heterocycles. The molecule has 0 aliphatic heterocycles. The van der Waals surface area contributed by atoms with Crippen molar-refractivity contribution in [3.63, 3.8) is 0 Å². The fraction of sp³-hybridized carbons (Fsp3) is 0.750. The van der Waals surface area contributed by atoms with Crippen molar-refractivity contribution in [1.29, 1.82) is 0 Å². The summed E-state index contributed by atoms with van der Waals surface area (Å²) in [5, 5.41) is 12.8. The average molecular weight is 225 g/mol. The van der Waals surface area contributed by atoms with E-state index in [1.165, 1.54) is 37.8 Å². The van der Waals surface area contributed by atoms with Gasteiger partial charge in [0.25, 0.3) is 0 Å². The second-order valence-electron chi connectivity index (χ2n) is 4.97. The Morgan fingerprint density at radius 2 is 2.00 bits per heavy atom. The maximum absolute atomic E-state index is 9.85. The molecule has 2 nitrogen and oxygen atoms in total. The van der Waals surface area contributed by atoms with E-state index in [0.29, 0.717) is 5.92 Å². The largest absolute Gasteiger partial charge is 0.383 e. The third kappa shape index (κ3) is 2.58. The normalized spacial score (nSPS) is 19.4. The number of aromatic nitrogens is 1. The van der Waals surface area contributed by atoms with Gasteiger partial charge in [-0.3, -0.25) is 0 Å². The first-order chi connectivity index (χ1) is 7.07. The molecule has 1 aliphatic carbocycles. The van der Waals surface area contributed by atoms with Gasteiger partial charge in [0.1, 0.15) is 10.6 Å². The lowest BCUT2D eigenvalue weighted by Gasteiger charge is -2.19. The molecule has 2 rings (SSSR count). The first-order valence-electron chi connectivity index (χ1n) is 5.75. The van der Waals surface area contributed by atoms with Crippen LogP contribution in [0, 0.1) is 0 Å². The van der Waals surface area contributed by atoms with Gasteiger partial charge in [0.05, 0.1) is 5.69 Å². The summed E-state index contributed by atoms with van der Waals surface area (Å²) in [5.74, 6) is 0.645. The molecule has 0 bridgehead atoms. The SMILES string of the molecule is CC(C)(O)c1nc(C2CCCCC2)cs1. The Morgan fingerprint density at radius 1 is 1.33 bits per heavy atom. The molecule has 1 heterocycles. The van der Waals surface area contributed by atoms with E-state index in [2.05, 4.69) is 10.4 Å². The molecule has 15 heavy (non-hydrogen) atoms. The van der Waals surface area contributed by atoms with Gasteiger partial charge in [0.2, 0.25) is 0 Å². The molecule has 0 atom stereocenters. The Kier molecular flexibility index (Phi) is 3.12. The minimum absolute atomic E-state index is 0.645. The van der Waals surface area contributed by atoms with Crippen molar-refractivity contribution in [1.82, 2.24) is 4.98 Å². The summed E-state index contributed by atoms with van der Waals surface area (Å²) in [6, 6.07) is 0. The van der Waals surface area contributed by atoms with Gasteiger partial charge < -0.3 is 5.11 Å². The molecule has 1 aromatic rings. The second-order valence-corrected chi connectivity index (χ2v) is 5.83. The van der Waals surface area contributed by atoms with Crippen LogP contribution in [0.1, 0.15) is 62.6 Å². The highest BCUT2D eigenvalue weighted by molar-refractivity contribution is 7.09. The highest BCUT2D eigenvalue weighted by Crippen LogP contribution is 2.34. The minimum atomic E-state index is -0.780. The van der Waals surface area contributed by atoms with E-state index in [0.717, 1.165) is 5.01 Å². The first kappa shape index (κ1) is 11.1. The van der Waals surface area contributed by atoms with Gasteiger partial charge in [-0.15, -0.1) is 11.3 Å². The molecule has 0 amide bonds. The fourth-order valence-corrected chi connectivity index (χ4v) is 3.08. The molecular weight excluding hydrogens is 206 g/mol. The van der Waals surface area contributed by atoms with Crippen LogP contribution in [0.2, 0.25) is 0 Å². The summed E-state index contributed by atoms with van der Waals surface area (Å²) in [6.45, 7) is 3.60. The van der Waals surface area contributed by atoms with E-state index in [9.17, 15) is 5.11 Å². The van der Waals surface area contributed by atoms with E-state index in [4.69, 9.17) is 0 Å². The van der Waals surface area contributed by atoms with Crippen molar-refractivity contribution < 1.29 is 5.11 Å². The minimum Gasteiger partial charge on any atom is -0.383 e. The third-order valence-electron chi connectivity index (χ3n) is 3.07. The topological polar surface area (TPSA) is 33.1 Å². The van der Waals surface area contributed by atoms with E-state index >= 15 is 0 Å². The van der Waals surface area contributed by atoms with E-state index < -0.39 is 5.60 Å². The number of rotatable bonds is 2. The Hall–Kier alpha value is -0.410. The summed E-state index contributed by atoms with van der Waals surface area (Å²) >= 11 is 1.59. The monoisotopic (exact) mass is 225 g/mol. The quantitative estimate of drug-likeness (QED) is 0.836. The number of hydrogen-bond acceptors (Lipinski definition) is 3. The highest BCUT2D eigenvalue weighted by Gasteiger charge is 2.23. The number of hydrogen-bond donors (Lipinski definition) is 1. The van der Waals surface area contributed by atoms with Gasteiger partial charge in [-0.05, 0) is 26.7 Å². The number of nitrogens with zero attached hydrogens (tertiary/aromatic N) is 1. The molecule has 0 aromatic carbocycles. The van der Waals surface area contributed by atoms with Crippen molar-refractivity contribution >= 4 is 11.3 Å². The molecular formula is C12H19NOS. The fourth-order valence-electron chi connectivity index (χ4n) is 2.15. The van der Waals surface area contributed by atoms with Crippen molar-refractivity contribution in [2.24, 2.45) is 0 Å². The van der Waals surface area contributed by atoms with Crippen LogP contribution in [0.15, 0.2) is 5.38 Å². The van der Waals surface area contributed by atoms with Crippen molar-refractivity contribution in [2.45, 2.75) is 57.5 Å². The molecule has 0 radical (unpaired) electrons. The van der Waals surface area contributed by atoms with Gasteiger partial charge in [-0.2, -0.15) is 0 Å². The summed E-state index contributed by atoms with van der Waals surface area (Å²) < 4.78 is 0. The molecule has 1 aromatic heterocycles. The smallest absolute Gasteiger partial charge is 0.124 e. The average Bonchev–Trinajstić information content (AvgIpc) is 2.67. The van der Waals surface area contributed by atoms with Crippen LogP contribution in [0.5, 0.6) is 0 Å². The van der Waals surface area contributed by atoms with Crippen LogP contribution in [-0.4, -0.2) is 10.1 Å². The van der Waals surface area contributed by atoms with Gasteiger partial charge in [-0.1, -0.05) is 19.3 Å². The molecule has 1 fully saturated rings. The van der Waals surface area contributed by atoms with E-state index in [-0.39, 0.29) is 0 Å². The maximum Gasteiger partial charge on any atom is 0.124 e. The highest BCUT2D eigenvalue weighted by atomic mass is 32.1. The first-order valence-corrected chi connectivity index (χ1v) is 6.63. The van der Waals surface area contributed by atoms with Crippen LogP contribution in [0.3, 0.4) is 0 Å².